The summed E-state index contributed by atoms with van der Waals surface area (Å²) in [5, 5.41) is 0.0419. The maximum Gasteiger partial charge on any atom is 0.243 e. The van der Waals surface area contributed by atoms with Crippen LogP contribution in [-0.4, -0.2) is 24.4 Å². The van der Waals surface area contributed by atoms with Gasteiger partial charge in [0.1, 0.15) is 4.90 Å². The first-order valence-electron chi connectivity index (χ1n) is 7.29. The zero-order valence-electron chi connectivity index (χ0n) is 12.6. The fraction of sp³-hybridized carbons (Fsp3) is 0.714. The molecule has 7 heteroatoms. The van der Waals surface area contributed by atoms with Gasteiger partial charge < -0.3 is 0 Å². The van der Waals surface area contributed by atoms with Crippen LogP contribution in [0.4, 0.5) is 0 Å². The minimum absolute atomic E-state index is 0.0329. The Hall–Kier alpha value is -0.720. The van der Waals surface area contributed by atoms with Crippen molar-refractivity contribution < 1.29 is 8.42 Å². The van der Waals surface area contributed by atoms with Crippen molar-refractivity contribution in [2.45, 2.75) is 51.0 Å². The highest BCUT2D eigenvalue weighted by Crippen LogP contribution is 2.34. The van der Waals surface area contributed by atoms with Gasteiger partial charge in [-0.25, -0.2) is 23.1 Å². The highest BCUT2D eigenvalue weighted by Gasteiger charge is 2.33. The maximum atomic E-state index is 12.5. The fourth-order valence-corrected chi connectivity index (χ4v) is 4.33. The third-order valence-electron chi connectivity index (χ3n) is 4.24. The normalized spacial score (nSPS) is 27.0. The minimum Gasteiger partial charge on any atom is -0.225 e. The van der Waals surface area contributed by atoms with Gasteiger partial charge in [0.15, 0.2) is 0 Å². The van der Waals surface area contributed by atoms with E-state index in [0.717, 1.165) is 19.3 Å². The van der Waals surface area contributed by atoms with Gasteiger partial charge in [-0.1, -0.05) is 27.2 Å². The van der Waals surface area contributed by atoms with Crippen molar-refractivity contribution in [3.63, 3.8) is 0 Å². The van der Waals surface area contributed by atoms with Gasteiger partial charge in [-0.05, 0) is 42.2 Å². The second-order valence-corrected chi connectivity index (χ2v) is 8.29. The van der Waals surface area contributed by atoms with Crippen LogP contribution in [0.1, 0.15) is 40.0 Å². The van der Waals surface area contributed by atoms with Crippen LogP contribution in [0.3, 0.4) is 0 Å². The summed E-state index contributed by atoms with van der Waals surface area (Å²) in [5.41, 5.74) is 0. The van der Waals surface area contributed by atoms with Crippen molar-refractivity contribution in [2.24, 2.45) is 17.8 Å². The third-order valence-corrected chi connectivity index (χ3v) is 5.88. The van der Waals surface area contributed by atoms with E-state index in [-0.39, 0.29) is 16.2 Å². The molecule has 1 aliphatic rings. The van der Waals surface area contributed by atoms with Crippen LogP contribution >= 0.6 is 11.6 Å². The standard InChI is InChI=1S/C14H22ClN3O2S/c1-9(2)12-5-4-10(3)6-13(12)18-21(19,20)11-7-16-14(15)17-8-11/h7-10,12-13,18H,4-6H2,1-3H3. The molecular weight excluding hydrogens is 310 g/mol. The highest BCUT2D eigenvalue weighted by atomic mass is 35.5. The Labute approximate surface area is 131 Å². The van der Waals surface area contributed by atoms with Crippen molar-refractivity contribution >= 4 is 21.6 Å². The van der Waals surface area contributed by atoms with Crippen LogP contribution in [0.25, 0.3) is 0 Å². The van der Waals surface area contributed by atoms with Gasteiger partial charge in [0, 0.05) is 6.04 Å². The van der Waals surface area contributed by atoms with E-state index in [9.17, 15) is 8.42 Å². The minimum atomic E-state index is -3.60. The van der Waals surface area contributed by atoms with Gasteiger partial charge in [-0.2, -0.15) is 0 Å². The summed E-state index contributed by atoms with van der Waals surface area (Å²) < 4.78 is 27.7. The molecular formula is C14H22ClN3O2S. The lowest BCUT2D eigenvalue weighted by Crippen LogP contribution is -2.45. The van der Waals surface area contributed by atoms with Crippen LogP contribution in [0.2, 0.25) is 5.28 Å². The average Bonchev–Trinajstić information content (AvgIpc) is 2.38. The molecule has 1 fully saturated rings. The molecule has 1 aromatic rings. The van der Waals surface area contributed by atoms with E-state index in [4.69, 9.17) is 11.6 Å². The zero-order chi connectivity index (χ0) is 15.6. The van der Waals surface area contributed by atoms with Gasteiger partial charge >= 0.3 is 0 Å². The van der Waals surface area contributed by atoms with E-state index in [1.165, 1.54) is 12.4 Å². The SMILES string of the molecule is CC1CCC(C(C)C)C(NS(=O)(=O)c2cnc(Cl)nc2)C1. The van der Waals surface area contributed by atoms with Crippen molar-refractivity contribution in [2.75, 3.05) is 0 Å². The van der Waals surface area contributed by atoms with Crippen LogP contribution in [0.5, 0.6) is 0 Å². The highest BCUT2D eigenvalue weighted by molar-refractivity contribution is 7.89. The molecule has 0 amide bonds. The molecule has 0 aliphatic heterocycles. The molecule has 1 heterocycles. The largest absolute Gasteiger partial charge is 0.243 e. The molecule has 21 heavy (non-hydrogen) atoms. The second-order valence-electron chi connectivity index (χ2n) is 6.24. The van der Waals surface area contributed by atoms with E-state index < -0.39 is 10.0 Å². The Kier molecular flexibility index (Phi) is 5.22. The second kappa shape index (κ2) is 6.58. The first kappa shape index (κ1) is 16.6. The molecule has 1 aliphatic carbocycles. The molecule has 5 nitrogen and oxygen atoms in total. The Morgan fingerprint density at radius 3 is 2.48 bits per heavy atom. The van der Waals surface area contributed by atoms with Crippen molar-refractivity contribution in [1.82, 2.24) is 14.7 Å². The predicted octanol–water partition coefficient (Wildman–Crippen LogP) is 2.87. The van der Waals surface area contributed by atoms with Gasteiger partial charge in [-0.3, -0.25) is 0 Å². The predicted molar refractivity (Wildman–Crippen MR) is 82.5 cm³/mol. The van der Waals surface area contributed by atoms with E-state index in [0.29, 0.717) is 17.8 Å². The van der Waals surface area contributed by atoms with Crippen molar-refractivity contribution in [1.29, 1.82) is 0 Å². The molecule has 3 atom stereocenters. The number of aromatic nitrogens is 2. The number of halogens is 1. The molecule has 0 saturated heterocycles. The van der Waals surface area contributed by atoms with E-state index in [1.807, 2.05) is 0 Å². The number of hydrogen-bond donors (Lipinski definition) is 1. The lowest BCUT2D eigenvalue weighted by atomic mass is 9.74. The smallest absolute Gasteiger partial charge is 0.225 e. The van der Waals surface area contributed by atoms with Gasteiger partial charge in [0.05, 0.1) is 12.4 Å². The Bertz CT molecular complexity index is 574. The van der Waals surface area contributed by atoms with Crippen LogP contribution < -0.4 is 4.72 Å². The summed E-state index contributed by atoms with van der Waals surface area (Å²) in [6.07, 6.45) is 5.58. The van der Waals surface area contributed by atoms with Gasteiger partial charge in [-0.15, -0.1) is 0 Å². The molecule has 2 rings (SSSR count). The first-order chi connectivity index (χ1) is 9.79. The molecule has 1 saturated carbocycles. The van der Waals surface area contributed by atoms with Crippen LogP contribution in [-0.2, 0) is 10.0 Å². The number of hydrogen-bond acceptors (Lipinski definition) is 4. The maximum absolute atomic E-state index is 12.5. The number of rotatable bonds is 4. The molecule has 3 unspecified atom stereocenters. The molecule has 1 N–H and O–H groups in total. The summed E-state index contributed by atoms with van der Waals surface area (Å²) in [4.78, 5) is 7.55. The topological polar surface area (TPSA) is 72.0 Å². The summed E-state index contributed by atoms with van der Waals surface area (Å²) >= 11 is 5.60. The summed E-state index contributed by atoms with van der Waals surface area (Å²) in [6.45, 7) is 6.46. The lowest BCUT2D eigenvalue weighted by Gasteiger charge is -2.37. The molecule has 1 aromatic heterocycles. The van der Waals surface area contributed by atoms with Crippen molar-refractivity contribution in [3.05, 3.63) is 17.7 Å². The summed E-state index contributed by atoms with van der Waals surface area (Å²) in [5.74, 6) is 1.35. The van der Waals surface area contributed by atoms with E-state index in [2.05, 4.69) is 35.5 Å². The van der Waals surface area contributed by atoms with Gasteiger partial charge in [0.25, 0.3) is 0 Å². The van der Waals surface area contributed by atoms with Crippen LogP contribution in [0, 0.1) is 17.8 Å². The zero-order valence-corrected chi connectivity index (χ0v) is 14.2. The van der Waals surface area contributed by atoms with Crippen LogP contribution in [0.15, 0.2) is 17.3 Å². The Balaban J connectivity index is 2.19. The molecule has 0 spiro atoms. The Morgan fingerprint density at radius 2 is 1.90 bits per heavy atom. The monoisotopic (exact) mass is 331 g/mol. The van der Waals surface area contributed by atoms with Crippen molar-refractivity contribution in [3.8, 4) is 0 Å². The average molecular weight is 332 g/mol. The quantitative estimate of drug-likeness (QED) is 0.861. The lowest BCUT2D eigenvalue weighted by molar-refractivity contribution is 0.188. The van der Waals surface area contributed by atoms with E-state index >= 15 is 0 Å². The third kappa shape index (κ3) is 4.14. The summed E-state index contributed by atoms with van der Waals surface area (Å²) in [7, 11) is -3.60. The number of nitrogens with zero attached hydrogens (tertiary/aromatic N) is 2. The molecule has 118 valence electrons. The molecule has 0 aromatic carbocycles. The Morgan fingerprint density at radius 1 is 1.29 bits per heavy atom. The fourth-order valence-electron chi connectivity index (χ4n) is 3.04. The number of sulfonamides is 1. The first-order valence-corrected chi connectivity index (χ1v) is 9.15. The van der Waals surface area contributed by atoms with Gasteiger partial charge in [0.2, 0.25) is 15.3 Å². The number of nitrogens with one attached hydrogen (secondary N) is 1. The molecule has 0 radical (unpaired) electrons. The van der Waals surface area contributed by atoms with E-state index in [1.54, 1.807) is 0 Å². The summed E-state index contributed by atoms with van der Waals surface area (Å²) in [6, 6.07) is -0.0329. The molecule has 0 bridgehead atoms.